The van der Waals surface area contributed by atoms with Crippen LogP contribution in [-0.2, 0) is 4.79 Å². The number of rotatable bonds is 5. The molecule has 0 aliphatic heterocycles. The SMILES string of the molecule is CNC(=O)c1ccccc1C#CCNC(=O)CSC1CCCC1. The highest BCUT2D eigenvalue weighted by molar-refractivity contribution is 8.00. The molecule has 23 heavy (non-hydrogen) atoms. The number of thioether (sulfide) groups is 1. The van der Waals surface area contributed by atoms with Gasteiger partial charge in [0.25, 0.3) is 5.91 Å². The van der Waals surface area contributed by atoms with E-state index in [4.69, 9.17) is 0 Å². The van der Waals surface area contributed by atoms with Gasteiger partial charge >= 0.3 is 0 Å². The van der Waals surface area contributed by atoms with Gasteiger partial charge in [-0.1, -0.05) is 36.8 Å². The second kappa shape index (κ2) is 9.26. The Balaban J connectivity index is 1.79. The lowest BCUT2D eigenvalue weighted by Crippen LogP contribution is -2.26. The Morgan fingerprint density at radius 3 is 2.74 bits per heavy atom. The third-order valence-electron chi connectivity index (χ3n) is 3.75. The van der Waals surface area contributed by atoms with Crippen molar-refractivity contribution in [3.8, 4) is 11.8 Å². The highest BCUT2D eigenvalue weighted by atomic mass is 32.2. The number of carbonyl (C=O) groups excluding carboxylic acids is 2. The molecule has 2 amide bonds. The molecule has 2 rings (SSSR count). The predicted molar refractivity (Wildman–Crippen MR) is 94.4 cm³/mol. The molecule has 0 radical (unpaired) electrons. The molecule has 0 aromatic heterocycles. The lowest BCUT2D eigenvalue weighted by Gasteiger charge is -2.07. The number of hydrogen-bond donors (Lipinski definition) is 2. The fourth-order valence-corrected chi connectivity index (χ4v) is 3.66. The van der Waals surface area contributed by atoms with E-state index >= 15 is 0 Å². The van der Waals surface area contributed by atoms with Crippen molar-refractivity contribution < 1.29 is 9.59 Å². The van der Waals surface area contributed by atoms with E-state index in [-0.39, 0.29) is 11.8 Å². The smallest absolute Gasteiger partial charge is 0.252 e. The first kappa shape index (κ1) is 17.4. The average molecular weight is 330 g/mol. The van der Waals surface area contributed by atoms with Gasteiger partial charge in [0, 0.05) is 17.9 Å². The van der Waals surface area contributed by atoms with Gasteiger partial charge in [-0.05, 0) is 25.0 Å². The van der Waals surface area contributed by atoms with E-state index in [2.05, 4.69) is 22.5 Å². The molecule has 122 valence electrons. The number of hydrogen-bond acceptors (Lipinski definition) is 3. The first-order valence-electron chi connectivity index (χ1n) is 7.89. The molecule has 1 aliphatic carbocycles. The minimum atomic E-state index is -0.160. The minimum Gasteiger partial charge on any atom is -0.355 e. The van der Waals surface area contributed by atoms with Gasteiger partial charge in [0.1, 0.15) is 0 Å². The van der Waals surface area contributed by atoms with Crippen molar-refractivity contribution in [3.05, 3.63) is 35.4 Å². The van der Waals surface area contributed by atoms with Crippen LogP contribution in [0.3, 0.4) is 0 Å². The third-order valence-corrected chi connectivity index (χ3v) is 5.12. The maximum absolute atomic E-state index is 11.8. The first-order chi connectivity index (χ1) is 11.2. The van der Waals surface area contributed by atoms with Crippen molar-refractivity contribution in [2.45, 2.75) is 30.9 Å². The molecule has 1 aromatic carbocycles. The Bertz CT molecular complexity index is 613. The summed E-state index contributed by atoms with van der Waals surface area (Å²) in [5.74, 6) is 6.22. The average Bonchev–Trinajstić information content (AvgIpc) is 3.10. The molecule has 5 heteroatoms. The largest absolute Gasteiger partial charge is 0.355 e. The van der Waals surface area contributed by atoms with E-state index in [9.17, 15) is 9.59 Å². The van der Waals surface area contributed by atoms with Crippen molar-refractivity contribution in [2.24, 2.45) is 0 Å². The van der Waals surface area contributed by atoms with Gasteiger partial charge in [-0.15, -0.1) is 11.8 Å². The maximum Gasteiger partial charge on any atom is 0.252 e. The molecule has 2 N–H and O–H groups in total. The summed E-state index contributed by atoms with van der Waals surface area (Å²) in [6.07, 6.45) is 5.03. The number of benzene rings is 1. The van der Waals surface area contributed by atoms with Crippen LogP contribution in [0.25, 0.3) is 0 Å². The van der Waals surface area contributed by atoms with Crippen LogP contribution in [0.2, 0.25) is 0 Å². The number of amides is 2. The van der Waals surface area contributed by atoms with E-state index in [1.165, 1.54) is 25.7 Å². The van der Waals surface area contributed by atoms with E-state index in [1.807, 2.05) is 6.07 Å². The van der Waals surface area contributed by atoms with Crippen LogP contribution in [-0.4, -0.2) is 36.4 Å². The van der Waals surface area contributed by atoms with Crippen LogP contribution < -0.4 is 10.6 Å². The highest BCUT2D eigenvalue weighted by Gasteiger charge is 2.16. The quantitative estimate of drug-likeness (QED) is 0.814. The number of carbonyl (C=O) groups is 2. The lowest BCUT2D eigenvalue weighted by molar-refractivity contribution is -0.118. The summed E-state index contributed by atoms with van der Waals surface area (Å²) >= 11 is 1.74. The fraction of sp³-hybridized carbons (Fsp3) is 0.444. The standard InChI is InChI=1S/C18H22N2O2S/c1-19-18(22)16-11-5-2-7-14(16)8-6-12-20-17(21)13-23-15-9-3-4-10-15/h2,5,7,11,15H,3-4,9-10,12-13H2,1H3,(H,19,22)(H,20,21). The monoisotopic (exact) mass is 330 g/mol. The van der Waals surface area contributed by atoms with Crippen LogP contribution in [0, 0.1) is 11.8 Å². The van der Waals surface area contributed by atoms with Crippen LogP contribution in [0.1, 0.15) is 41.6 Å². The summed E-state index contributed by atoms with van der Waals surface area (Å²) in [5, 5.41) is 6.04. The van der Waals surface area contributed by atoms with Crippen molar-refractivity contribution >= 4 is 23.6 Å². The Morgan fingerprint density at radius 1 is 1.26 bits per heavy atom. The predicted octanol–water partition coefficient (Wildman–Crippen LogP) is 2.19. The van der Waals surface area contributed by atoms with Crippen molar-refractivity contribution in [2.75, 3.05) is 19.3 Å². The zero-order valence-electron chi connectivity index (χ0n) is 13.4. The molecule has 0 spiro atoms. The van der Waals surface area contributed by atoms with Crippen LogP contribution in [0.4, 0.5) is 0 Å². The second-order valence-electron chi connectivity index (χ2n) is 5.42. The molecular weight excluding hydrogens is 308 g/mol. The van der Waals surface area contributed by atoms with E-state index in [0.717, 1.165) is 0 Å². The highest BCUT2D eigenvalue weighted by Crippen LogP contribution is 2.28. The summed E-state index contributed by atoms with van der Waals surface area (Å²) in [4.78, 5) is 23.5. The molecular formula is C18H22N2O2S. The second-order valence-corrected chi connectivity index (χ2v) is 6.71. The van der Waals surface area contributed by atoms with Crippen LogP contribution in [0.15, 0.2) is 24.3 Å². The Morgan fingerprint density at radius 2 is 2.00 bits per heavy atom. The molecule has 1 fully saturated rings. The third kappa shape index (κ3) is 5.65. The zero-order chi connectivity index (χ0) is 16.5. The molecule has 4 nitrogen and oxygen atoms in total. The van der Waals surface area contributed by atoms with E-state index in [0.29, 0.717) is 28.7 Å². The lowest BCUT2D eigenvalue weighted by atomic mass is 10.1. The zero-order valence-corrected chi connectivity index (χ0v) is 14.2. The first-order valence-corrected chi connectivity index (χ1v) is 8.94. The molecule has 0 saturated heterocycles. The maximum atomic E-state index is 11.8. The van der Waals surface area contributed by atoms with Crippen molar-refractivity contribution in [1.82, 2.24) is 10.6 Å². The number of nitrogens with one attached hydrogen (secondary N) is 2. The fourth-order valence-electron chi connectivity index (χ4n) is 2.51. The van der Waals surface area contributed by atoms with Gasteiger partial charge in [-0.25, -0.2) is 0 Å². The Kier molecular flexibility index (Phi) is 7.02. The van der Waals surface area contributed by atoms with Gasteiger partial charge in [0.15, 0.2) is 0 Å². The Labute approximate surface area is 141 Å². The van der Waals surface area contributed by atoms with Gasteiger partial charge in [-0.2, -0.15) is 0 Å². The molecule has 0 atom stereocenters. The van der Waals surface area contributed by atoms with E-state index in [1.54, 1.807) is 37.0 Å². The molecule has 1 aromatic rings. The summed E-state index contributed by atoms with van der Waals surface area (Å²) in [5.41, 5.74) is 1.21. The van der Waals surface area contributed by atoms with Gasteiger partial charge < -0.3 is 10.6 Å². The molecule has 0 unspecified atom stereocenters. The van der Waals surface area contributed by atoms with Gasteiger partial charge in [0.05, 0.1) is 17.9 Å². The normalized spacial score (nSPS) is 14.0. The van der Waals surface area contributed by atoms with Crippen molar-refractivity contribution in [1.29, 1.82) is 0 Å². The Hall–Kier alpha value is -1.93. The van der Waals surface area contributed by atoms with Gasteiger partial charge in [-0.3, -0.25) is 9.59 Å². The summed E-state index contributed by atoms with van der Waals surface area (Å²) in [6.45, 7) is 0.298. The molecule has 1 aliphatic rings. The topological polar surface area (TPSA) is 58.2 Å². The molecule has 1 saturated carbocycles. The van der Waals surface area contributed by atoms with Crippen LogP contribution >= 0.6 is 11.8 Å². The van der Waals surface area contributed by atoms with Gasteiger partial charge in [0.2, 0.25) is 5.91 Å². The van der Waals surface area contributed by atoms with Crippen LogP contribution in [0.5, 0.6) is 0 Å². The van der Waals surface area contributed by atoms with E-state index < -0.39 is 0 Å². The summed E-state index contributed by atoms with van der Waals surface area (Å²) in [7, 11) is 1.59. The van der Waals surface area contributed by atoms with Crippen molar-refractivity contribution in [3.63, 3.8) is 0 Å². The minimum absolute atomic E-state index is 0.0239. The summed E-state index contributed by atoms with van der Waals surface area (Å²) < 4.78 is 0. The molecule has 0 bridgehead atoms. The molecule has 0 heterocycles. The summed E-state index contributed by atoms with van der Waals surface area (Å²) in [6, 6.07) is 7.18.